The molecule has 0 aromatic heterocycles. The van der Waals surface area contributed by atoms with Crippen molar-refractivity contribution in [1.82, 2.24) is 4.90 Å². The second-order valence-electron chi connectivity index (χ2n) is 4.30. The number of carbonyl (C=O) groups excluding carboxylic acids is 1. The van der Waals surface area contributed by atoms with E-state index in [1.807, 2.05) is 13.0 Å². The Labute approximate surface area is 113 Å². The van der Waals surface area contributed by atoms with Gasteiger partial charge in [0.15, 0.2) is 0 Å². The summed E-state index contributed by atoms with van der Waals surface area (Å²) in [6, 6.07) is 8.02. The zero-order chi connectivity index (χ0) is 14.3. The number of nitrogens with zero attached hydrogens (tertiary/aromatic N) is 2. The van der Waals surface area contributed by atoms with Gasteiger partial charge in [0.2, 0.25) is 5.91 Å². The standard InChI is InChI=1S/C14H19N3O2/c1-2-17(9-3-8-15)14(19)13(16)10-11-4-6-12(18)7-5-11/h4-7,13,18H,2-3,9-10,16H2,1H3/t13-/m0/s1. The minimum absolute atomic E-state index is 0.147. The molecule has 0 heterocycles. The van der Waals surface area contributed by atoms with E-state index < -0.39 is 6.04 Å². The van der Waals surface area contributed by atoms with Crippen molar-refractivity contribution in [3.63, 3.8) is 0 Å². The first-order valence-electron chi connectivity index (χ1n) is 6.27. The highest BCUT2D eigenvalue weighted by atomic mass is 16.3. The van der Waals surface area contributed by atoms with Gasteiger partial charge in [-0.15, -0.1) is 0 Å². The van der Waals surface area contributed by atoms with Crippen LogP contribution in [0.25, 0.3) is 0 Å². The maximum Gasteiger partial charge on any atom is 0.239 e. The third-order valence-corrected chi connectivity index (χ3v) is 2.90. The van der Waals surface area contributed by atoms with Crippen LogP contribution in [0.2, 0.25) is 0 Å². The summed E-state index contributed by atoms with van der Waals surface area (Å²) in [7, 11) is 0. The van der Waals surface area contributed by atoms with Crippen molar-refractivity contribution in [3.8, 4) is 11.8 Å². The number of aromatic hydroxyl groups is 1. The molecule has 0 saturated heterocycles. The number of nitrogens with two attached hydrogens (primary N) is 1. The normalized spacial score (nSPS) is 11.6. The molecule has 0 aliphatic carbocycles. The summed E-state index contributed by atoms with van der Waals surface area (Å²) in [5.41, 5.74) is 6.80. The molecule has 5 heteroatoms. The van der Waals surface area contributed by atoms with Crippen molar-refractivity contribution in [2.24, 2.45) is 5.73 Å². The fraction of sp³-hybridized carbons (Fsp3) is 0.429. The molecule has 0 spiro atoms. The topological polar surface area (TPSA) is 90.4 Å². The molecule has 0 radical (unpaired) electrons. The SMILES string of the molecule is CCN(CCC#N)C(=O)[C@@H](N)Cc1ccc(O)cc1. The lowest BCUT2D eigenvalue weighted by Gasteiger charge is -2.23. The van der Waals surface area contributed by atoms with Crippen LogP contribution in [0.3, 0.4) is 0 Å². The van der Waals surface area contributed by atoms with E-state index in [4.69, 9.17) is 11.0 Å². The number of hydrogen-bond donors (Lipinski definition) is 2. The lowest BCUT2D eigenvalue weighted by atomic mass is 10.1. The summed E-state index contributed by atoms with van der Waals surface area (Å²) in [6.07, 6.45) is 0.730. The maximum atomic E-state index is 12.1. The summed E-state index contributed by atoms with van der Waals surface area (Å²) >= 11 is 0. The Balaban J connectivity index is 2.60. The second-order valence-corrected chi connectivity index (χ2v) is 4.30. The number of likely N-dealkylation sites (N-methyl/N-ethyl adjacent to an activating group) is 1. The number of hydrogen-bond acceptors (Lipinski definition) is 4. The van der Waals surface area contributed by atoms with Crippen LogP contribution in [-0.2, 0) is 11.2 Å². The first-order valence-corrected chi connectivity index (χ1v) is 6.27. The summed E-state index contributed by atoms with van der Waals surface area (Å²) in [4.78, 5) is 13.7. The Morgan fingerprint density at radius 2 is 2.11 bits per heavy atom. The highest BCUT2D eigenvalue weighted by Crippen LogP contribution is 2.11. The van der Waals surface area contributed by atoms with E-state index in [0.717, 1.165) is 5.56 Å². The zero-order valence-corrected chi connectivity index (χ0v) is 11.0. The average molecular weight is 261 g/mol. The number of benzene rings is 1. The van der Waals surface area contributed by atoms with Crippen LogP contribution in [0.5, 0.6) is 5.75 Å². The minimum atomic E-state index is -0.622. The first-order chi connectivity index (χ1) is 9.08. The minimum Gasteiger partial charge on any atom is -0.508 e. The van der Waals surface area contributed by atoms with Crippen molar-refractivity contribution in [2.45, 2.75) is 25.8 Å². The van der Waals surface area contributed by atoms with E-state index in [0.29, 0.717) is 25.9 Å². The Kier molecular flexibility index (Phi) is 5.83. The molecule has 1 aromatic rings. The van der Waals surface area contributed by atoms with E-state index >= 15 is 0 Å². The van der Waals surface area contributed by atoms with Gasteiger partial charge in [-0.2, -0.15) is 5.26 Å². The molecule has 1 atom stereocenters. The fourth-order valence-electron chi connectivity index (χ4n) is 1.82. The molecule has 1 amide bonds. The van der Waals surface area contributed by atoms with Gasteiger partial charge < -0.3 is 15.7 Å². The molecule has 5 nitrogen and oxygen atoms in total. The zero-order valence-electron chi connectivity index (χ0n) is 11.0. The van der Waals surface area contributed by atoms with Gasteiger partial charge >= 0.3 is 0 Å². The molecule has 3 N–H and O–H groups in total. The molecule has 0 aliphatic rings. The van der Waals surface area contributed by atoms with Crippen LogP contribution in [0.4, 0.5) is 0 Å². The van der Waals surface area contributed by atoms with Gasteiger partial charge in [0, 0.05) is 13.1 Å². The van der Waals surface area contributed by atoms with Crippen molar-refractivity contribution in [3.05, 3.63) is 29.8 Å². The summed E-state index contributed by atoms with van der Waals surface area (Å²) in [6.45, 7) is 2.82. The number of phenolic OH excluding ortho intramolecular Hbond substituents is 1. The van der Waals surface area contributed by atoms with Gasteiger partial charge in [-0.3, -0.25) is 4.79 Å². The van der Waals surface area contributed by atoms with Crippen molar-refractivity contribution >= 4 is 5.91 Å². The van der Waals surface area contributed by atoms with Crippen LogP contribution in [0.1, 0.15) is 18.9 Å². The van der Waals surface area contributed by atoms with E-state index in [1.54, 1.807) is 29.2 Å². The molecule has 19 heavy (non-hydrogen) atoms. The van der Waals surface area contributed by atoms with Crippen LogP contribution in [0.15, 0.2) is 24.3 Å². The number of rotatable bonds is 6. The molecule has 0 unspecified atom stereocenters. The predicted molar refractivity (Wildman–Crippen MR) is 72.3 cm³/mol. The lowest BCUT2D eigenvalue weighted by molar-refractivity contribution is -0.132. The molecule has 1 rings (SSSR count). The molecule has 0 saturated carbocycles. The van der Waals surface area contributed by atoms with Crippen LogP contribution in [0, 0.1) is 11.3 Å². The average Bonchev–Trinajstić information content (AvgIpc) is 2.42. The van der Waals surface area contributed by atoms with Crippen LogP contribution >= 0.6 is 0 Å². The number of amides is 1. The van der Waals surface area contributed by atoms with Crippen LogP contribution < -0.4 is 5.73 Å². The summed E-state index contributed by atoms with van der Waals surface area (Å²) in [5.74, 6) is 0.0404. The largest absolute Gasteiger partial charge is 0.508 e. The monoisotopic (exact) mass is 261 g/mol. The molecular formula is C14H19N3O2. The Morgan fingerprint density at radius 1 is 1.47 bits per heavy atom. The summed E-state index contributed by atoms with van der Waals surface area (Å²) in [5, 5.41) is 17.7. The van der Waals surface area contributed by atoms with E-state index in [9.17, 15) is 9.90 Å². The summed E-state index contributed by atoms with van der Waals surface area (Å²) < 4.78 is 0. The highest BCUT2D eigenvalue weighted by Gasteiger charge is 2.19. The van der Waals surface area contributed by atoms with Gasteiger partial charge in [-0.1, -0.05) is 12.1 Å². The van der Waals surface area contributed by atoms with Crippen molar-refractivity contribution in [1.29, 1.82) is 5.26 Å². The fourth-order valence-corrected chi connectivity index (χ4v) is 1.82. The molecule has 0 aliphatic heterocycles. The van der Waals surface area contributed by atoms with Gasteiger partial charge in [0.05, 0.1) is 18.5 Å². The number of phenols is 1. The van der Waals surface area contributed by atoms with Gasteiger partial charge in [0.25, 0.3) is 0 Å². The number of carbonyl (C=O) groups is 1. The van der Waals surface area contributed by atoms with E-state index in [1.165, 1.54) is 0 Å². The van der Waals surface area contributed by atoms with Gasteiger partial charge in [0.1, 0.15) is 5.75 Å². The molecule has 1 aromatic carbocycles. The molecule has 0 fully saturated rings. The van der Waals surface area contributed by atoms with Crippen molar-refractivity contribution < 1.29 is 9.90 Å². The van der Waals surface area contributed by atoms with Crippen LogP contribution in [-0.4, -0.2) is 35.0 Å². The van der Waals surface area contributed by atoms with Gasteiger partial charge in [-0.05, 0) is 31.0 Å². The molecular weight excluding hydrogens is 242 g/mol. The Hall–Kier alpha value is -2.06. The quantitative estimate of drug-likeness (QED) is 0.800. The van der Waals surface area contributed by atoms with E-state index in [2.05, 4.69) is 0 Å². The predicted octanol–water partition coefficient (Wildman–Crippen LogP) is 1.02. The lowest BCUT2D eigenvalue weighted by Crippen LogP contribution is -2.45. The third-order valence-electron chi connectivity index (χ3n) is 2.90. The highest BCUT2D eigenvalue weighted by molar-refractivity contribution is 5.82. The third kappa shape index (κ3) is 4.60. The van der Waals surface area contributed by atoms with E-state index in [-0.39, 0.29) is 11.7 Å². The van der Waals surface area contributed by atoms with Gasteiger partial charge in [-0.25, -0.2) is 0 Å². The Morgan fingerprint density at radius 3 is 2.63 bits per heavy atom. The van der Waals surface area contributed by atoms with Crippen molar-refractivity contribution in [2.75, 3.05) is 13.1 Å². The first kappa shape index (κ1) is 15.0. The Bertz CT molecular complexity index is 451. The molecule has 0 bridgehead atoms. The smallest absolute Gasteiger partial charge is 0.239 e. The maximum absolute atomic E-state index is 12.1. The molecule has 102 valence electrons. The number of nitriles is 1. The second kappa shape index (κ2) is 7.39.